The lowest BCUT2D eigenvalue weighted by Gasteiger charge is -2.13. The molecule has 0 fully saturated rings. The molecule has 2 rings (SSSR count). The molecule has 0 aliphatic carbocycles. The zero-order valence-corrected chi connectivity index (χ0v) is 15.3. The van der Waals surface area contributed by atoms with Crippen LogP contribution in [0.3, 0.4) is 0 Å². The van der Waals surface area contributed by atoms with Gasteiger partial charge in [-0.1, -0.05) is 37.1 Å². The molecular weight excluding hydrogens is 326 g/mol. The van der Waals surface area contributed by atoms with Gasteiger partial charge in [0.15, 0.2) is 0 Å². The van der Waals surface area contributed by atoms with Gasteiger partial charge in [0.1, 0.15) is 0 Å². The van der Waals surface area contributed by atoms with Gasteiger partial charge in [-0.15, -0.1) is 0 Å². The SMILES string of the molecule is Cc1c(NC(=O)CCCCCCN)cccc1NC(=O)c1ccccc1. The summed E-state index contributed by atoms with van der Waals surface area (Å²) in [6, 6.07) is 14.6. The lowest BCUT2D eigenvalue weighted by Crippen LogP contribution is -2.15. The van der Waals surface area contributed by atoms with Gasteiger partial charge in [0.25, 0.3) is 5.91 Å². The Morgan fingerprint density at radius 2 is 1.50 bits per heavy atom. The summed E-state index contributed by atoms with van der Waals surface area (Å²) >= 11 is 0. The largest absolute Gasteiger partial charge is 0.330 e. The van der Waals surface area contributed by atoms with Crippen molar-refractivity contribution >= 4 is 23.2 Å². The Morgan fingerprint density at radius 3 is 2.19 bits per heavy atom. The topological polar surface area (TPSA) is 84.2 Å². The quantitative estimate of drug-likeness (QED) is 0.594. The predicted molar refractivity (Wildman–Crippen MR) is 106 cm³/mol. The number of nitrogens with two attached hydrogens (primary N) is 1. The van der Waals surface area contributed by atoms with Crippen LogP contribution in [-0.4, -0.2) is 18.4 Å². The zero-order chi connectivity index (χ0) is 18.8. The lowest BCUT2D eigenvalue weighted by molar-refractivity contribution is -0.116. The minimum atomic E-state index is -0.169. The molecule has 5 nitrogen and oxygen atoms in total. The maximum absolute atomic E-state index is 12.3. The molecule has 0 atom stereocenters. The Bertz CT molecular complexity index is 729. The van der Waals surface area contributed by atoms with E-state index in [-0.39, 0.29) is 11.8 Å². The molecule has 2 aromatic rings. The molecule has 0 saturated heterocycles. The van der Waals surface area contributed by atoms with Crippen LogP contribution in [0.4, 0.5) is 11.4 Å². The Morgan fingerprint density at radius 1 is 0.846 bits per heavy atom. The van der Waals surface area contributed by atoms with Gasteiger partial charge in [0.2, 0.25) is 5.91 Å². The highest BCUT2D eigenvalue weighted by Gasteiger charge is 2.11. The van der Waals surface area contributed by atoms with E-state index < -0.39 is 0 Å². The Labute approximate surface area is 155 Å². The molecular formula is C21H27N3O2. The van der Waals surface area contributed by atoms with Crippen molar-refractivity contribution in [2.24, 2.45) is 5.73 Å². The maximum atomic E-state index is 12.3. The van der Waals surface area contributed by atoms with E-state index in [1.54, 1.807) is 12.1 Å². The van der Waals surface area contributed by atoms with Crippen LogP contribution in [0.15, 0.2) is 48.5 Å². The number of nitrogens with one attached hydrogen (secondary N) is 2. The third-order valence-electron chi connectivity index (χ3n) is 4.25. The Hall–Kier alpha value is -2.66. The summed E-state index contributed by atoms with van der Waals surface area (Å²) in [5.41, 5.74) is 8.32. The van der Waals surface area contributed by atoms with E-state index in [0.29, 0.717) is 24.2 Å². The number of amides is 2. The molecule has 4 N–H and O–H groups in total. The van der Waals surface area contributed by atoms with Gasteiger partial charge in [-0.3, -0.25) is 9.59 Å². The summed E-state index contributed by atoms with van der Waals surface area (Å²) in [6.45, 7) is 2.59. The fourth-order valence-corrected chi connectivity index (χ4v) is 2.69. The van der Waals surface area contributed by atoms with Gasteiger partial charge in [0.05, 0.1) is 0 Å². The second-order valence-corrected chi connectivity index (χ2v) is 6.30. The first-order chi connectivity index (χ1) is 12.6. The third-order valence-corrected chi connectivity index (χ3v) is 4.25. The van der Waals surface area contributed by atoms with Crippen LogP contribution >= 0.6 is 0 Å². The number of rotatable bonds is 9. The van der Waals surface area contributed by atoms with E-state index in [4.69, 9.17) is 5.73 Å². The van der Waals surface area contributed by atoms with Crippen LogP contribution in [0.2, 0.25) is 0 Å². The second-order valence-electron chi connectivity index (χ2n) is 6.30. The molecule has 0 saturated carbocycles. The van der Waals surface area contributed by atoms with Crippen molar-refractivity contribution in [2.45, 2.75) is 39.0 Å². The number of benzene rings is 2. The molecule has 0 radical (unpaired) electrons. The van der Waals surface area contributed by atoms with Gasteiger partial charge in [0, 0.05) is 23.4 Å². The molecule has 5 heteroatoms. The van der Waals surface area contributed by atoms with Crippen LogP contribution in [0.1, 0.15) is 48.0 Å². The second kappa shape index (κ2) is 10.4. The van der Waals surface area contributed by atoms with Gasteiger partial charge in [-0.05, 0) is 56.1 Å². The van der Waals surface area contributed by atoms with Crippen LogP contribution in [0, 0.1) is 6.92 Å². The lowest BCUT2D eigenvalue weighted by atomic mass is 10.1. The molecule has 0 aromatic heterocycles. The molecule has 2 aromatic carbocycles. The van der Waals surface area contributed by atoms with E-state index in [9.17, 15) is 9.59 Å². The summed E-state index contributed by atoms with van der Waals surface area (Å²) in [4.78, 5) is 24.4. The standard InChI is InChI=1S/C21H27N3O2/c1-16-18(23-20(25)14-7-2-3-8-15-22)12-9-13-19(16)24-21(26)17-10-5-4-6-11-17/h4-6,9-13H,2-3,7-8,14-15,22H2,1H3,(H,23,25)(H,24,26). The summed E-state index contributed by atoms with van der Waals surface area (Å²) in [7, 11) is 0. The number of anilines is 2. The average Bonchev–Trinajstić information content (AvgIpc) is 2.65. The monoisotopic (exact) mass is 353 g/mol. The van der Waals surface area contributed by atoms with Crippen molar-refractivity contribution in [3.05, 3.63) is 59.7 Å². The number of carbonyl (C=O) groups is 2. The van der Waals surface area contributed by atoms with E-state index in [2.05, 4.69) is 10.6 Å². The van der Waals surface area contributed by atoms with Crippen LogP contribution < -0.4 is 16.4 Å². The highest BCUT2D eigenvalue weighted by Crippen LogP contribution is 2.24. The Kier molecular flexibility index (Phi) is 7.83. The van der Waals surface area contributed by atoms with Crippen molar-refractivity contribution in [2.75, 3.05) is 17.2 Å². The third kappa shape index (κ3) is 6.01. The summed E-state index contributed by atoms with van der Waals surface area (Å²) in [5.74, 6) is -0.176. The molecule has 0 heterocycles. The van der Waals surface area contributed by atoms with Crippen molar-refractivity contribution in [3.63, 3.8) is 0 Å². The molecule has 138 valence electrons. The minimum absolute atomic E-state index is 0.00705. The maximum Gasteiger partial charge on any atom is 0.255 e. The number of carbonyl (C=O) groups excluding carboxylic acids is 2. The van der Waals surface area contributed by atoms with Crippen molar-refractivity contribution in [1.82, 2.24) is 0 Å². The molecule has 0 bridgehead atoms. The highest BCUT2D eigenvalue weighted by molar-refractivity contribution is 6.05. The van der Waals surface area contributed by atoms with Gasteiger partial charge >= 0.3 is 0 Å². The zero-order valence-electron chi connectivity index (χ0n) is 15.3. The van der Waals surface area contributed by atoms with Gasteiger partial charge in [-0.25, -0.2) is 0 Å². The summed E-state index contributed by atoms with van der Waals surface area (Å²) in [5, 5.41) is 5.84. The number of unbranched alkanes of at least 4 members (excludes halogenated alkanes) is 3. The Balaban J connectivity index is 1.93. The van der Waals surface area contributed by atoms with Crippen molar-refractivity contribution < 1.29 is 9.59 Å². The summed E-state index contributed by atoms with van der Waals surface area (Å²) in [6.07, 6.45) is 4.42. The molecule has 0 spiro atoms. The molecule has 0 aliphatic heterocycles. The highest BCUT2D eigenvalue weighted by atomic mass is 16.2. The summed E-state index contributed by atoms with van der Waals surface area (Å²) < 4.78 is 0. The average molecular weight is 353 g/mol. The van der Waals surface area contributed by atoms with Crippen LogP contribution in [-0.2, 0) is 4.79 Å². The minimum Gasteiger partial charge on any atom is -0.330 e. The van der Waals surface area contributed by atoms with E-state index >= 15 is 0 Å². The van der Waals surface area contributed by atoms with Crippen molar-refractivity contribution in [3.8, 4) is 0 Å². The molecule has 2 amide bonds. The first-order valence-electron chi connectivity index (χ1n) is 9.07. The smallest absolute Gasteiger partial charge is 0.255 e. The first-order valence-corrected chi connectivity index (χ1v) is 9.07. The van der Waals surface area contributed by atoms with E-state index in [0.717, 1.165) is 36.9 Å². The van der Waals surface area contributed by atoms with Crippen LogP contribution in [0.25, 0.3) is 0 Å². The van der Waals surface area contributed by atoms with Gasteiger partial charge < -0.3 is 16.4 Å². The normalized spacial score (nSPS) is 10.4. The molecule has 26 heavy (non-hydrogen) atoms. The van der Waals surface area contributed by atoms with Crippen LogP contribution in [0.5, 0.6) is 0 Å². The van der Waals surface area contributed by atoms with E-state index in [1.807, 2.05) is 43.3 Å². The number of hydrogen-bond acceptors (Lipinski definition) is 3. The molecule has 0 aliphatic rings. The first kappa shape index (κ1) is 19.7. The van der Waals surface area contributed by atoms with Gasteiger partial charge in [-0.2, -0.15) is 0 Å². The van der Waals surface area contributed by atoms with E-state index in [1.165, 1.54) is 0 Å². The predicted octanol–water partition coefficient (Wildman–Crippen LogP) is 4.10. The molecule has 0 unspecified atom stereocenters. The fraction of sp³-hybridized carbons (Fsp3) is 0.333. The van der Waals surface area contributed by atoms with Crippen molar-refractivity contribution in [1.29, 1.82) is 0 Å². The number of hydrogen-bond donors (Lipinski definition) is 3. The fourth-order valence-electron chi connectivity index (χ4n) is 2.69.